The zero-order chi connectivity index (χ0) is 21.2. The van der Waals surface area contributed by atoms with Gasteiger partial charge in [0.25, 0.3) is 0 Å². The van der Waals surface area contributed by atoms with Gasteiger partial charge in [-0.3, -0.25) is 9.59 Å². The highest BCUT2D eigenvalue weighted by atomic mass is 16.5. The number of esters is 2. The first-order chi connectivity index (χ1) is 14.0. The van der Waals surface area contributed by atoms with Gasteiger partial charge in [-0.1, -0.05) is 30.3 Å². The number of ether oxygens (including phenoxy) is 3. The van der Waals surface area contributed by atoms with Crippen LogP contribution in [0, 0.1) is 5.92 Å². The van der Waals surface area contributed by atoms with E-state index in [0.717, 1.165) is 0 Å². The second-order valence-electron chi connectivity index (χ2n) is 6.06. The van der Waals surface area contributed by atoms with E-state index in [1.54, 1.807) is 75.6 Å². The Bertz CT molecular complexity index is 819. The molecule has 0 heterocycles. The summed E-state index contributed by atoms with van der Waals surface area (Å²) >= 11 is 0. The Labute approximate surface area is 170 Å². The zero-order valence-corrected chi connectivity index (χ0v) is 16.7. The van der Waals surface area contributed by atoms with Gasteiger partial charge in [0.05, 0.1) is 20.3 Å². The van der Waals surface area contributed by atoms with Gasteiger partial charge in [0.15, 0.2) is 11.7 Å². The second-order valence-corrected chi connectivity index (χ2v) is 6.06. The number of rotatable bonds is 10. The quantitative estimate of drug-likeness (QED) is 0.373. The molecule has 2 aromatic rings. The predicted octanol–water partition coefficient (Wildman–Crippen LogP) is 3.10. The van der Waals surface area contributed by atoms with Gasteiger partial charge in [-0.05, 0) is 38.1 Å². The minimum absolute atomic E-state index is 0.0789. The summed E-state index contributed by atoms with van der Waals surface area (Å²) in [6.45, 7) is 3.48. The lowest BCUT2D eigenvalue weighted by atomic mass is 9.90. The van der Waals surface area contributed by atoms with E-state index in [4.69, 9.17) is 14.2 Å². The topological polar surface area (TPSA) is 90.9 Å². The van der Waals surface area contributed by atoms with Crippen molar-refractivity contribution in [3.63, 3.8) is 0 Å². The van der Waals surface area contributed by atoms with Crippen LogP contribution < -0.4 is 10.1 Å². The number of hydrogen-bond donors (Lipinski definition) is 1. The van der Waals surface area contributed by atoms with Gasteiger partial charge in [0.1, 0.15) is 11.8 Å². The number of ketones is 1. The maximum absolute atomic E-state index is 13.1. The summed E-state index contributed by atoms with van der Waals surface area (Å²) < 4.78 is 15.4. The number of methoxy groups -OCH3 is 1. The number of benzene rings is 2. The van der Waals surface area contributed by atoms with E-state index >= 15 is 0 Å². The summed E-state index contributed by atoms with van der Waals surface area (Å²) in [5.74, 6) is -2.81. The number of anilines is 1. The molecule has 0 fully saturated rings. The van der Waals surface area contributed by atoms with E-state index < -0.39 is 29.7 Å². The Hall–Kier alpha value is -3.35. The fourth-order valence-electron chi connectivity index (χ4n) is 2.79. The average molecular weight is 399 g/mol. The molecule has 0 saturated carbocycles. The molecule has 0 aromatic heterocycles. The minimum Gasteiger partial charge on any atom is -0.497 e. The van der Waals surface area contributed by atoms with Crippen molar-refractivity contribution in [1.82, 2.24) is 0 Å². The zero-order valence-electron chi connectivity index (χ0n) is 16.7. The highest BCUT2D eigenvalue weighted by molar-refractivity contribution is 6.12. The van der Waals surface area contributed by atoms with Crippen molar-refractivity contribution in [2.75, 3.05) is 25.6 Å². The maximum Gasteiger partial charge on any atom is 0.329 e. The number of carbonyl (C=O) groups is 3. The molecule has 154 valence electrons. The maximum atomic E-state index is 13.1. The summed E-state index contributed by atoms with van der Waals surface area (Å²) in [7, 11) is 1.54. The molecule has 0 aliphatic rings. The van der Waals surface area contributed by atoms with Crippen LogP contribution in [0.2, 0.25) is 0 Å². The van der Waals surface area contributed by atoms with Crippen molar-refractivity contribution in [2.45, 2.75) is 19.9 Å². The van der Waals surface area contributed by atoms with Crippen molar-refractivity contribution >= 4 is 23.4 Å². The molecular formula is C22H25NO6. The first-order valence-electron chi connectivity index (χ1n) is 9.34. The van der Waals surface area contributed by atoms with E-state index in [0.29, 0.717) is 17.0 Å². The summed E-state index contributed by atoms with van der Waals surface area (Å²) in [6.07, 6.45) is 0. The van der Waals surface area contributed by atoms with Crippen molar-refractivity contribution in [3.05, 3.63) is 60.2 Å². The lowest BCUT2D eigenvalue weighted by molar-refractivity contribution is -0.153. The molecule has 2 aromatic carbocycles. The fourth-order valence-corrected chi connectivity index (χ4v) is 2.79. The lowest BCUT2D eigenvalue weighted by Crippen LogP contribution is -2.46. The van der Waals surface area contributed by atoms with Crippen LogP contribution in [0.1, 0.15) is 24.2 Å². The molecule has 7 nitrogen and oxygen atoms in total. The molecule has 0 saturated heterocycles. The van der Waals surface area contributed by atoms with Gasteiger partial charge in [-0.15, -0.1) is 0 Å². The number of carbonyl (C=O) groups excluding carboxylic acids is 3. The molecule has 0 aliphatic carbocycles. The van der Waals surface area contributed by atoms with E-state index in [1.165, 1.54) is 0 Å². The predicted molar refractivity (Wildman–Crippen MR) is 108 cm³/mol. The third-order valence-corrected chi connectivity index (χ3v) is 4.17. The van der Waals surface area contributed by atoms with Crippen LogP contribution in [0.5, 0.6) is 5.75 Å². The standard InChI is InChI=1S/C22H25NO6/c1-4-28-21(25)18(20(24)15-9-7-6-8-10-15)19(22(26)29-5-2)23-16-11-13-17(27-3)14-12-16/h6-14,18-19,23H,4-5H2,1-3H3/t18-,19-/m1/s1. The van der Waals surface area contributed by atoms with Crippen LogP contribution >= 0.6 is 0 Å². The van der Waals surface area contributed by atoms with Gasteiger partial charge >= 0.3 is 11.9 Å². The molecule has 7 heteroatoms. The van der Waals surface area contributed by atoms with Gasteiger partial charge < -0.3 is 19.5 Å². The molecule has 0 radical (unpaired) electrons. The van der Waals surface area contributed by atoms with E-state index in [2.05, 4.69) is 5.32 Å². The number of hydrogen-bond acceptors (Lipinski definition) is 7. The van der Waals surface area contributed by atoms with Crippen LogP contribution in [0.25, 0.3) is 0 Å². The molecule has 0 bridgehead atoms. The van der Waals surface area contributed by atoms with Crippen LogP contribution in [-0.2, 0) is 19.1 Å². The van der Waals surface area contributed by atoms with Crippen molar-refractivity contribution in [3.8, 4) is 5.75 Å². The van der Waals surface area contributed by atoms with Gasteiger partial charge in [0.2, 0.25) is 0 Å². The molecule has 2 rings (SSSR count). The Morgan fingerprint density at radius 2 is 1.45 bits per heavy atom. The Morgan fingerprint density at radius 3 is 2.00 bits per heavy atom. The highest BCUT2D eigenvalue weighted by Gasteiger charge is 2.42. The molecule has 0 aliphatic heterocycles. The van der Waals surface area contributed by atoms with E-state index in [1.807, 2.05) is 0 Å². The molecular weight excluding hydrogens is 374 g/mol. The summed E-state index contributed by atoms with van der Waals surface area (Å²) in [4.78, 5) is 38.5. The largest absolute Gasteiger partial charge is 0.497 e. The van der Waals surface area contributed by atoms with Gasteiger partial charge in [-0.25, -0.2) is 4.79 Å². The lowest BCUT2D eigenvalue weighted by Gasteiger charge is -2.25. The Morgan fingerprint density at radius 1 is 0.862 bits per heavy atom. The van der Waals surface area contributed by atoms with Crippen LogP contribution in [-0.4, -0.2) is 44.1 Å². The van der Waals surface area contributed by atoms with Crippen LogP contribution in [0.3, 0.4) is 0 Å². The highest BCUT2D eigenvalue weighted by Crippen LogP contribution is 2.22. The Kier molecular flexibility index (Phi) is 8.21. The molecule has 0 amide bonds. The first-order valence-corrected chi connectivity index (χ1v) is 9.34. The first kappa shape index (κ1) is 21.9. The fraction of sp³-hybridized carbons (Fsp3) is 0.318. The van der Waals surface area contributed by atoms with Crippen molar-refractivity contribution in [1.29, 1.82) is 0 Å². The van der Waals surface area contributed by atoms with Gasteiger partial charge in [0, 0.05) is 11.3 Å². The minimum atomic E-state index is -1.40. The SMILES string of the molecule is CCOC(=O)[C@@H](C(=O)c1ccccc1)[C@@H](Nc1ccc(OC)cc1)C(=O)OCC. The number of nitrogens with one attached hydrogen (secondary N) is 1. The summed E-state index contributed by atoms with van der Waals surface area (Å²) in [6, 6.07) is 13.8. The third-order valence-electron chi connectivity index (χ3n) is 4.17. The molecule has 29 heavy (non-hydrogen) atoms. The number of Topliss-reactive ketones (excluding diaryl/α,β-unsaturated/α-hetero) is 1. The summed E-state index contributed by atoms with van der Waals surface area (Å²) in [5, 5.41) is 2.95. The van der Waals surface area contributed by atoms with Crippen molar-refractivity contribution in [2.24, 2.45) is 5.92 Å². The van der Waals surface area contributed by atoms with Crippen LogP contribution in [0.4, 0.5) is 5.69 Å². The van der Waals surface area contributed by atoms with E-state index in [9.17, 15) is 14.4 Å². The van der Waals surface area contributed by atoms with Crippen molar-refractivity contribution < 1.29 is 28.6 Å². The monoisotopic (exact) mass is 399 g/mol. The molecule has 0 spiro atoms. The third kappa shape index (κ3) is 5.81. The molecule has 1 N–H and O–H groups in total. The molecule has 0 unspecified atom stereocenters. The van der Waals surface area contributed by atoms with E-state index in [-0.39, 0.29) is 13.2 Å². The summed E-state index contributed by atoms with van der Waals surface area (Å²) in [5.41, 5.74) is 0.829. The second kappa shape index (κ2) is 10.8. The molecule has 2 atom stereocenters. The van der Waals surface area contributed by atoms with Crippen LogP contribution in [0.15, 0.2) is 54.6 Å². The average Bonchev–Trinajstić information content (AvgIpc) is 2.74. The normalized spacial score (nSPS) is 12.4. The van der Waals surface area contributed by atoms with Gasteiger partial charge in [-0.2, -0.15) is 0 Å². The Balaban J connectivity index is 2.42. The smallest absolute Gasteiger partial charge is 0.329 e.